The normalized spacial score (nSPS) is 21.3. The lowest BCUT2D eigenvalue weighted by molar-refractivity contribution is -0.116. The Balaban J connectivity index is 1.50. The molecule has 0 aromatic heterocycles. The molecule has 2 aromatic carbocycles. The van der Waals surface area contributed by atoms with E-state index in [2.05, 4.69) is 5.32 Å². The summed E-state index contributed by atoms with van der Waals surface area (Å²) in [5, 5.41) is 2.94. The first-order chi connectivity index (χ1) is 14.9. The van der Waals surface area contributed by atoms with Crippen LogP contribution in [-0.2, 0) is 21.2 Å². The topological polar surface area (TPSA) is 84.9 Å². The molecule has 0 radical (unpaired) electrons. The van der Waals surface area contributed by atoms with Gasteiger partial charge in [-0.05, 0) is 54.7 Å². The van der Waals surface area contributed by atoms with Crippen molar-refractivity contribution in [2.45, 2.75) is 43.0 Å². The average molecular weight is 463 g/mol. The van der Waals surface area contributed by atoms with Gasteiger partial charge in [-0.2, -0.15) is 4.31 Å². The van der Waals surface area contributed by atoms with Gasteiger partial charge in [0.25, 0.3) is 0 Å². The molecule has 3 aliphatic rings. The number of fused-ring (bicyclic) bond motifs is 2. The third-order valence-corrected chi connectivity index (χ3v) is 8.37. The van der Waals surface area contributed by atoms with Crippen LogP contribution >= 0.6 is 11.6 Å². The maximum absolute atomic E-state index is 13.6. The number of halogens is 1. The second-order valence-electron chi connectivity index (χ2n) is 8.02. The first-order valence-corrected chi connectivity index (χ1v) is 12.3. The number of ether oxygens (including phenoxy) is 2. The third kappa shape index (κ3) is 3.77. The Bertz CT molecular complexity index is 1150. The van der Waals surface area contributed by atoms with E-state index in [1.165, 1.54) is 10.4 Å². The molecule has 5 rings (SSSR count). The summed E-state index contributed by atoms with van der Waals surface area (Å²) in [6.45, 7) is 1.57. The fourth-order valence-electron chi connectivity index (χ4n) is 4.45. The number of benzene rings is 2. The number of hydrogen-bond donors (Lipinski definition) is 1. The second kappa shape index (κ2) is 8.00. The average Bonchev–Trinajstić information content (AvgIpc) is 3.13. The fourth-order valence-corrected chi connectivity index (χ4v) is 6.69. The summed E-state index contributed by atoms with van der Waals surface area (Å²) in [5.74, 6) is 1.21. The fraction of sp³-hybridized carbons (Fsp3) is 0.409. The SMILES string of the molecule is O=C1CCc2cc(Cl)c(S(=O)(=O)N3CCC[C@@H]3c3ccc4c(c3)OCCCO4)cc2N1. The molecule has 31 heavy (non-hydrogen) atoms. The molecule has 1 fully saturated rings. The molecule has 0 bridgehead atoms. The van der Waals surface area contributed by atoms with Crippen molar-refractivity contribution in [2.75, 3.05) is 25.1 Å². The molecule has 164 valence electrons. The Morgan fingerprint density at radius 2 is 1.84 bits per heavy atom. The van der Waals surface area contributed by atoms with E-state index < -0.39 is 10.0 Å². The highest BCUT2D eigenvalue weighted by atomic mass is 35.5. The summed E-state index contributed by atoms with van der Waals surface area (Å²) in [4.78, 5) is 11.8. The molecule has 1 N–H and O–H groups in total. The predicted molar refractivity (Wildman–Crippen MR) is 116 cm³/mol. The molecule has 0 saturated carbocycles. The Hall–Kier alpha value is -2.29. The van der Waals surface area contributed by atoms with E-state index in [0.717, 1.165) is 24.0 Å². The lowest BCUT2D eigenvalue weighted by Crippen LogP contribution is -2.31. The van der Waals surface area contributed by atoms with Crippen LogP contribution in [0.4, 0.5) is 5.69 Å². The van der Waals surface area contributed by atoms with Gasteiger partial charge in [-0.25, -0.2) is 8.42 Å². The van der Waals surface area contributed by atoms with Crippen LogP contribution in [0.1, 0.15) is 42.9 Å². The molecule has 1 saturated heterocycles. The highest BCUT2D eigenvalue weighted by Crippen LogP contribution is 2.42. The Morgan fingerprint density at radius 3 is 2.68 bits per heavy atom. The molecule has 3 heterocycles. The van der Waals surface area contributed by atoms with Gasteiger partial charge < -0.3 is 14.8 Å². The molecule has 3 aliphatic heterocycles. The van der Waals surface area contributed by atoms with E-state index in [1.807, 2.05) is 18.2 Å². The van der Waals surface area contributed by atoms with Crippen molar-refractivity contribution in [3.63, 3.8) is 0 Å². The van der Waals surface area contributed by atoms with Gasteiger partial charge >= 0.3 is 0 Å². The highest BCUT2D eigenvalue weighted by Gasteiger charge is 2.38. The standard InChI is InChI=1S/C22H23ClN2O5S/c23-16-11-14-5-7-22(26)24-17(14)13-21(16)31(27,28)25-8-1-3-18(25)15-4-6-19-20(12-15)30-10-2-9-29-19/h4,6,11-13,18H,1-3,5,7-10H2,(H,24,26)/t18-/m1/s1. The molecule has 0 unspecified atom stereocenters. The van der Waals surface area contributed by atoms with Gasteiger partial charge in [0.15, 0.2) is 11.5 Å². The monoisotopic (exact) mass is 462 g/mol. The number of amides is 1. The Labute approximate surface area is 186 Å². The van der Waals surface area contributed by atoms with Crippen LogP contribution in [0.5, 0.6) is 11.5 Å². The molecule has 7 nitrogen and oxygen atoms in total. The number of rotatable bonds is 3. The Kier molecular flexibility index (Phi) is 5.32. The number of anilines is 1. The summed E-state index contributed by atoms with van der Waals surface area (Å²) in [6.07, 6.45) is 3.18. The summed E-state index contributed by atoms with van der Waals surface area (Å²) in [6, 6.07) is 8.47. The molecule has 0 aliphatic carbocycles. The smallest absolute Gasteiger partial charge is 0.245 e. The lowest BCUT2D eigenvalue weighted by atomic mass is 10.0. The van der Waals surface area contributed by atoms with Crippen molar-refractivity contribution < 1.29 is 22.7 Å². The minimum atomic E-state index is -3.87. The molecular formula is C22H23ClN2O5S. The predicted octanol–water partition coefficient (Wildman–Crippen LogP) is 3.91. The second-order valence-corrected chi connectivity index (χ2v) is 10.3. The number of nitrogens with zero attached hydrogens (tertiary/aromatic N) is 1. The summed E-state index contributed by atoms with van der Waals surface area (Å²) in [5.41, 5.74) is 2.24. The number of sulfonamides is 1. The molecular weight excluding hydrogens is 440 g/mol. The number of aryl methyl sites for hydroxylation is 1. The van der Waals surface area contributed by atoms with Crippen molar-refractivity contribution in [3.8, 4) is 11.5 Å². The van der Waals surface area contributed by atoms with E-state index >= 15 is 0 Å². The molecule has 1 atom stereocenters. The zero-order chi connectivity index (χ0) is 21.6. The van der Waals surface area contributed by atoms with E-state index in [1.54, 1.807) is 6.07 Å². The minimum absolute atomic E-state index is 0.0244. The number of nitrogens with one attached hydrogen (secondary N) is 1. The number of carbonyl (C=O) groups excluding carboxylic acids is 1. The van der Waals surface area contributed by atoms with Crippen molar-refractivity contribution in [1.29, 1.82) is 0 Å². The zero-order valence-corrected chi connectivity index (χ0v) is 18.5. The van der Waals surface area contributed by atoms with Crippen molar-refractivity contribution in [2.24, 2.45) is 0 Å². The van der Waals surface area contributed by atoms with Gasteiger partial charge in [0, 0.05) is 25.1 Å². The quantitative estimate of drug-likeness (QED) is 0.747. The summed E-state index contributed by atoms with van der Waals surface area (Å²) >= 11 is 6.41. The maximum Gasteiger partial charge on any atom is 0.245 e. The van der Waals surface area contributed by atoms with Crippen LogP contribution in [0.25, 0.3) is 0 Å². The third-order valence-electron chi connectivity index (χ3n) is 6.00. The molecule has 2 aromatic rings. The van der Waals surface area contributed by atoms with Crippen LogP contribution in [0.2, 0.25) is 5.02 Å². The number of hydrogen-bond acceptors (Lipinski definition) is 5. The van der Waals surface area contributed by atoms with Gasteiger partial charge in [0.1, 0.15) is 4.90 Å². The van der Waals surface area contributed by atoms with Gasteiger partial charge in [-0.3, -0.25) is 4.79 Å². The van der Waals surface area contributed by atoms with Crippen molar-refractivity contribution in [1.82, 2.24) is 4.31 Å². The van der Waals surface area contributed by atoms with Gasteiger partial charge in [-0.1, -0.05) is 17.7 Å². The van der Waals surface area contributed by atoms with E-state index in [-0.39, 0.29) is 21.9 Å². The van der Waals surface area contributed by atoms with Gasteiger partial charge in [-0.15, -0.1) is 0 Å². The first kappa shape index (κ1) is 20.6. The van der Waals surface area contributed by atoms with Crippen molar-refractivity contribution >= 4 is 33.2 Å². The maximum atomic E-state index is 13.6. The molecule has 0 spiro atoms. The van der Waals surface area contributed by atoms with Crippen LogP contribution < -0.4 is 14.8 Å². The molecule has 1 amide bonds. The van der Waals surface area contributed by atoms with Crippen LogP contribution in [-0.4, -0.2) is 38.4 Å². The summed E-state index contributed by atoms with van der Waals surface area (Å²) in [7, 11) is -3.87. The van der Waals surface area contributed by atoms with Crippen LogP contribution in [0.15, 0.2) is 35.2 Å². The largest absolute Gasteiger partial charge is 0.490 e. The summed E-state index contributed by atoms with van der Waals surface area (Å²) < 4.78 is 40.2. The van der Waals surface area contributed by atoms with Gasteiger partial charge in [0.05, 0.1) is 24.3 Å². The van der Waals surface area contributed by atoms with E-state index in [0.29, 0.717) is 56.2 Å². The van der Waals surface area contributed by atoms with Gasteiger partial charge in [0.2, 0.25) is 15.9 Å². The van der Waals surface area contributed by atoms with E-state index in [4.69, 9.17) is 21.1 Å². The van der Waals surface area contributed by atoms with Crippen LogP contribution in [0, 0.1) is 0 Å². The molecule has 9 heteroatoms. The number of carbonyl (C=O) groups is 1. The Morgan fingerprint density at radius 1 is 1.03 bits per heavy atom. The first-order valence-electron chi connectivity index (χ1n) is 10.5. The van der Waals surface area contributed by atoms with Crippen molar-refractivity contribution in [3.05, 3.63) is 46.5 Å². The minimum Gasteiger partial charge on any atom is -0.490 e. The van der Waals surface area contributed by atoms with Crippen LogP contribution in [0.3, 0.4) is 0 Å². The highest BCUT2D eigenvalue weighted by molar-refractivity contribution is 7.89. The lowest BCUT2D eigenvalue weighted by Gasteiger charge is -2.26. The van der Waals surface area contributed by atoms with E-state index in [9.17, 15) is 13.2 Å². The zero-order valence-electron chi connectivity index (χ0n) is 16.9.